The molecule has 3 heterocycles. The van der Waals surface area contributed by atoms with Crippen LogP contribution in [0.5, 0.6) is 11.5 Å². The van der Waals surface area contributed by atoms with Gasteiger partial charge in [-0.05, 0) is 47.5 Å². The smallest absolute Gasteiger partial charge is 0.272 e. The van der Waals surface area contributed by atoms with Crippen LogP contribution in [0.4, 0.5) is 0 Å². The van der Waals surface area contributed by atoms with Gasteiger partial charge in [-0.15, -0.1) is 0 Å². The highest BCUT2D eigenvalue weighted by molar-refractivity contribution is 5.99. The lowest BCUT2D eigenvalue weighted by atomic mass is 10.1. The summed E-state index contributed by atoms with van der Waals surface area (Å²) >= 11 is 0. The molecule has 3 aromatic heterocycles. The normalized spacial score (nSPS) is 10.7. The number of carbonyl (C=O) groups is 1. The summed E-state index contributed by atoms with van der Waals surface area (Å²) in [4.78, 5) is 17.7. The summed E-state index contributed by atoms with van der Waals surface area (Å²) in [5, 5.41) is 11.8. The molecule has 0 unspecified atom stereocenters. The number of nitrogens with one attached hydrogen (secondary N) is 1. The molecule has 0 aliphatic heterocycles. The second-order valence-electron chi connectivity index (χ2n) is 7.90. The van der Waals surface area contributed by atoms with Gasteiger partial charge in [-0.1, -0.05) is 30.3 Å². The molecule has 0 saturated carbocycles. The van der Waals surface area contributed by atoms with E-state index in [0.29, 0.717) is 35.1 Å². The van der Waals surface area contributed by atoms with Gasteiger partial charge in [-0.3, -0.25) is 4.79 Å². The predicted octanol–water partition coefficient (Wildman–Crippen LogP) is 4.07. The summed E-state index contributed by atoms with van der Waals surface area (Å²) in [7, 11) is 3.16. The van der Waals surface area contributed by atoms with Crippen molar-refractivity contribution >= 4 is 5.91 Å². The van der Waals surface area contributed by atoms with Crippen LogP contribution in [0.1, 0.15) is 16.1 Å². The molecular formula is C27H24N6O3. The Morgan fingerprint density at radius 2 is 1.78 bits per heavy atom. The molecule has 9 nitrogen and oxygen atoms in total. The van der Waals surface area contributed by atoms with Gasteiger partial charge < -0.3 is 14.8 Å². The van der Waals surface area contributed by atoms with Crippen LogP contribution in [-0.4, -0.2) is 44.7 Å². The molecule has 0 aliphatic carbocycles. The molecule has 9 heteroatoms. The lowest BCUT2D eigenvalue weighted by Crippen LogP contribution is -2.24. The van der Waals surface area contributed by atoms with Crippen LogP contribution >= 0.6 is 0 Å². The van der Waals surface area contributed by atoms with Crippen molar-refractivity contribution in [1.82, 2.24) is 29.9 Å². The summed E-state index contributed by atoms with van der Waals surface area (Å²) in [6, 6.07) is 20.8. The van der Waals surface area contributed by atoms with Gasteiger partial charge in [0.05, 0.1) is 19.9 Å². The van der Waals surface area contributed by atoms with Crippen molar-refractivity contribution < 1.29 is 14.3 Å². The van der Waals surface area contributed by atoms with Crippen molar-refractivity contribution in [3.63, 3.8) is 0 Å². The lowest BCUT2D eigenvalue weighted by molar-refractivity contribution is 0.0946. The van der Waals surface area contributed by atoms with Crippen molar-refractivity contribution in [2.45, 2.75) is 6.54 Å². The molecule has 5 rings (SSSR count). The molecule has 36 heavy (non-hydrogen) atoms. The number of hydrogen-bond donors (Lipinski definition) is 1. The first-order chi connectivity index (χ1) is 17.7. The van der Waals surface area contributed by atoms with E-state index in [2.05, 4.69) is 20.5 Å². The molecule has 2 aromatic carbocycles. The fourth-order valence-electron chi connectivity index (χ4n) is 3.80. The third kappa shape index (κ3) is 4.67. The van der Waals surface area contributed by atoms with Crippen LogP contribution in [0.2, 0.25) is 0 Å². The zero-order valence-corrected chi connectivity index (χ0v) is 19.8. The number of nitrogens with zero attached hydrogens (tertiary/aromatic N) is 5. The van der Waals surface area contributed by atoms with E-state index in [0.717, 1.165) is 16.8 Å². The number of benzene rings is 2. The number of pyridine rings is 1. The first-order valence-corrected chi connectivity index (χ1v) is 11.3. The first-order valence-electron chi connectivity index (χ1n) is 11.3. The Kier molecular flexibility index (Phi) is 6.44. The van der Waals surface area contributed by atoms with Crippen molar-refractivity contribution in [2.24, 2.45) is 0 Å². The van der Waals surface area contributed by atoms with Gasteiger partial charge in [-0.25, -0.2) is 14.3 Å². The molecule has 1 N–H and O–H groups in total. The Hall–Kier alpha value is -4.92. The second-order valence-corrected chi connectivity index (χ2v) is 7.90. The minimum absolute atomic E-state index is 0.298. The second kappa shape index (κ2) is 10.1. The average molecular weight is 481 g/mol. The van der Waals surface area contributed by atoms with Gasteiger partial charge >= 0.3 is 0 Å². The highest BCUT2D eigenvalue weighted by Gasteiger charge is 2.20. The van der Waals surface area contributed by atoms with E-state index in [1.165, 1.54) is 0 Å². The largest absolute Gasteiger partial charge is 0.493 e. The number of ether oxygens (including phenoxy) is 2. The maximum absolute atomic E-state index is 13.3. The predicted molar refractivity (Wildman–Crippen MR) is 135 cm³/mol. The Labute approximate surface area is 207 Å². The van der Waals surface area contributed by atoms with E-state index in [9.17, 15) is 4.79 Å². The number of aromatic nitrogens is 5. The van der Waals surface area contributed by atoms with E-state index in [1.807, 2.05) is 79.1 Å². The Morgan fingerprint density at radius 3 is 2.47 bits per heavy atom. The molecule has 1 amide bonds. The van der Waals surface area contributed by atoms with Gasteiger partial charge in [0.15, 0.2) is 23.0 Å². The summed E-state index contributed by atoms with van der Waals surface area (Å²) in [5.41, 5.74) is 3.45. The molecule has 180 valence electrons. The third-order valence-electron chi connectivity index (χ3n) is 5.65. The van der Waals surface area contributed by atoms with E-state index in [-0.39, 0.29) is 5.91 Å². The minimum atomic E-state index is -0.300. The van der Waals surface area contributed by atoms with E-state index in [1.54, 1.807) is 36.0 Å². The van der Waals surface area contributed by atoms with Crippen LogP contribution in [0.3, 0.4) is 0 Å². The fraction of sp³-hybridized carbons (Fsp3) is 0.111. The Balaban J connectivity index is 1.43. The first kappa shape index (κ1) is 22.9. The Morgan fingerprint density at radius 1 is 0.944 bits per heavy atom. The molecule has 5 aromatic rings. The van der Waals surface area contributed by atoms with Gasteiger partial charge in [0.1, 0.15) is 0 Å². The van der Waals surface area contributed by atoms with Crippen LogP contribution in [0, 0.1) is 0 Å². The van der Waals surface area contributed by atoms with Crippen molar-refractivity contribution in [1.29, 1.82) is 0 Å². The number of amides is 1. The van der Waals surface area contributed by atoms with E-state index in [4.69, 9.17) is 9.47 Å². The molecule has 0 atom stereocenters. The van der Waals surface area contributed by atoms with Crippen LogP contribution < -0.4 is 14.8 Å². The summed E-state index contributed by atoms with van der Waals surface area (Å²) in [5.74, 6) is 1.57. The topological polar surface area (TPSA) is 96.1 Å². The molecule has 0 radical (unpaired) electrons. The van der Waals surface area contributed by atoms with Crippen LogP contribution in [-0.2, 0) is 6.54 Å². The standard InChI is InChI=1S/C27H24N6O3/c1-35-23-11-10-20(15-24(23)36-2)22-18-33(21-7-4-3-5-8-21)31-26(22)27(34)29-17-19-9-12-25(28-16-19)32-14-6-13-30-32/h3-16,18H,17H2,1-2H3,(H,29,34). The molecular weight excluding hydrogens is 456 g/mol. The van der Waals surface area contributed by atoms with E-state index >= 15 is 0 Å². The maximum Gasteiger partial charge on any atom is 0.272 e. The average Bonchev–Trinajstić information content (AvgIpc) is 3.63. The van der Waals surface area contributed by atoms with Gasteiger partial charge in [0, 0.05) is 36.9 Å². The third-order valence-corrected chi connectivity index (χ3v) is 5.65. The molecule has 0 saturated heterocycles. The highest BCUT2D eigenvalue weighted by Crippen LogP contribution is 2.34. The summed E-state index contributed by atoms with van der Waals surface area (Å²) < 4.78 is 14.2. The number of carbonyl (C=O) groups excluding carboxylic acids is 1. The van der Waals surface area contributed by atoms with E-state index < -0.39 is 0 Å². The van der Waals surface area contributed by atoms with Gasteiger partial charge in [0.2, 0.25) is 0 Å². The number of hydrogen-bond acceptors (Lipinski definition) is 6. The maximum atomic E-state index is 13.3. The minimum Gasteiger partial charge on any atom is -0.493 e. The van der Waals surface area contributed by atoms with Crippen molar-refractivity contribution in [3.8, 4) is 34.1 Å². The number of para-hydroxylation sites is 1. The SMILES string of the molecule is COc1ccc(-c2cn(-c3ccccc3)nc2C(=O)NCc2ccc(-n3cccn3)nc2)cc1OC. The molecule has 0 fully saturated rings. The molecule has 0 aliphatic rings. The van der Waals surface area contributed by atoms with Crippen molar-refractivity contribution in [2.75, 3.05) is 14.2 Å². The molecule has 0 spiro atoms. The fourth-order valence-corrected chi connectivity index (χ4v) is 3.80. The quantitative estimate of drug-likeness (QED) is 0.360. The number of rotatable bonds is 8. The van der Waals surface area contributed by atoms with Crippen LogP contribution in [0.15, 0.2) is 91.5 Å². The lowest BCUT2D eigenvalue weighted by Gasteiger charge is -2.10. The number of methoxy groups -OCH3 is 2. The monoisotopic (exact) mass is 480 g/mol. The summed E-state index contributed by atoms with van der Waals surface area (Å²) in [6.45, 7) is 0.300. The zero-order chi connectivity index (χ0) is 24.9. The zero-order valence-electron chi connectivity index (χ0n) is 19.8. The highest BCUT2D eigenvalue weighted by atomic mass is 16.5. The van der Waals surface area contributed by atoms with Crippen molar-refractivity contribution in [3.05, 3.63) is 103 Å². The summed E-state index contributed by atoms with van der Waals surface area (Å²) in [6.07, 6.45) is 7.07. The van der Waals surface area contributed by atoms with Gasteiger partial charge in [0.25, 0.3) is 5.91 Å². The van der Waals surface area contributed by atoms with Crippen LogP contribution in [0.25, 0.3) is 22.6 Å². The van der Waals surface area contributed by atoms with Gasteiger partial charge in [-0.2, -0.15) is 10.2 Å². The molecule has 0 bridgehead atoms. The Bertz CT molecular complexity index is 1460.